The van der Waals surface area contributed by atoms with Crippen molar-refractivity contribution in [2.45, 2.75) is 84.0 Å². The lowest BCUT2D eigenvalue weighted by Crippen LogP contribution is -2.33. The summed E-state index contributed by atoms with van der Waals surface area (Å²) in [6.45, 7) is 16.1. The Morgan fingerprint density at radius 1 is 1.26 bits per heavy atom. The second-order valence-corrected chi connectivity index (χ2v) is 9.74. The Hall–Kier alpha value is -0.250. The average molecular weight is 343 g/mol. The van der Waals surface area contributed by atoms with Crippen LogP contribution in [0.5, 0.6) is 0 Å². The molecule has 132 valence electrons. The first-order valence-corrected chi connectivity index (χ1v) is 9.37. The molecule has 0 aromatic carbocycles. The van der Waals surface area contributed by atoms with E-state index >= 15 is 0 Å². The highest BCUT2D eigenvalue weighted by atomic mass is 31.2. The van der Waals surface area contributed by atoms with Crippen molar-refractivity contribution in [3.05, 3.63) is 0 Å². The highest BCUT2D eigenvalue weighted by Crippen LogP contribution is 2.48. The second-order valence-electron chi connectivity index (χ2n) is 7.77. The molecule has 2 atom stereocenters. The molecule has 0 bridgehead atoms. The number of alkyl carbamates (subject to hydrolysis) is 1. The zero-order valence-electron chi connectivity index (χ0n) is 15.8. The van der Waals surface area contributed by atoms with Gasteiger partial charge in [-0.05, 0) is 26.0 Å². The van der Waals surface area contributed by atoms with E-state index in [2.05, 4.69) is 33.4 Å². The minimum atomic E-state index is -1.57. The van der Waals surface area contributed by atoms with Gasteiger partial charge in [0.2, 0.25) is 0 Å². The Morgan fingerprint density at radius 3 is 2.26 bits per heavy atom. The van der Waals surface area contributed by atoms with Crippen LogP contribution in [0.2, 0.25) is 11.0 Å². The molecule has 5 nitrogen and oxygen atoms in total. The van der Waals surface area contributed by atoms with Crippen LogP contribution in [0.3, 0.4) is 0 Å². The molecule has 0 fully saturated rings. The highest BCUT2D eigenvalue weighted by Gasteiger charge is 2.30. The van der Waals surface area contributed by atoms with Gasteiger partial charge in [-0.3, -0.25) is 0 Å². The molecule has 8 heteroatoms. The summed E-state index contributed by atoms with van der Waals surface area (Å²) < 4.78 is 10.8. The smallest absolute Gasteiger partial charge is 0.407 e. The van der Waals surface area contributed by atoms with Crippen molar-refractivity contribution in [3.63, 3.8) is 0 Å². The van der Waals surface area contributed by atoms with Crippen LogP contribution in [-0.2, 0) is 9.18 Å². The van der Waals surface area contributed by atoms with Gasteiger partial charge in [0.05, 0.1) is 6.61 Å². The van der Waals surface area contributed by atoms with Crippen molar-refractivity contribution in [1.82, 2.24) is 5.32 Å². The highest BCUT2D eigenvalue weighted by molar-refractivity contribution is 7.49. The molecular formula is C15H32B2NO4P. The lowest BCUT2D eigenvalue weighted by Gasteiger charge is -2.30. The van der Waals surface area contributed by atoms with Crippen LogP contribution in [-0.4, -0.2) is 43.6 Å². The van der Waals surface area contributed by atoms with E-state index in [9.17, 15) is 9.69 Å². The fraction of sp³-hybridized carbons (Fsp3) is 0.933. The maximum atomic E-state index is 11.6. The van der Waals surface area contributed by atoms with Crippen molar-refractivity contribution in [3.8, 4) is 0 Å². The molecule has 1 amide bonds. The number of ether oxygens (including phenoxy) is 1. The number of carbonyl (C=O) groups excluding carboxylic acids is 1. The standard InChI is InChI=1S/C15H32B2NO4P/c1-9-15(7,8)23(20)22-17-12(16-14(4,5)6)10-21-13(19)18-11(2)3/h11-12,20H,9-10H2,1-8H3,(H,18,19). The summed E-state index contributed by atoms with van der Waals surface area (Å²) in [6, 6.07) is 0.0309. The van der Waals surface area contributed by atoms with E-state index < -0.39 is 14.5 Å². The van der Waals surface area contributed by atoms with E-state index in [4.69, 9.17) is 9.18 Å². The molecular weight excluding hydrogens is 311 g/mol. The first kappa shape index (κ1) is 22.7. The number of carbonyl (C=O) groups is 1. The Bertz CT molecular complexity index is 362. The van der Waals surface area contributed by atoms with Crippen molar-refractivity contribution in [1.29, 1.82) is 0 Å². The Balaban J connectivity index is 4.55. The summed E-state index contributed by atoms with van der Waals surface area (Å²) in [5.41, 5.74) is -0.183. The van der Waals surface area contributed by atoms with Gasteiger partial charge in [0, 0.05) is 11.2 Å². The van der Waals surface area contributed by atoms with Gasteiger partial charge < -0.3 is 19.4 Å². The minimum Gasteiger partial charge on any atom is -0.451 e. The van der Waals surface area contributed by atoms with Gasteiger partial charge in [-0.15, -0.1) is 0 Å². The van der Waals surface area contributed by atoms with E-state index in [-0.39, 0.29) is 28.8 Å². The van der Waals surface area contributed by atoms with E-state index in [0.717, 1.165) is 6.42 Å². The summed E-state index contributed by atoms with van der Waals surface area (Å²) in [5, 5.41) is 2.36. The Kier molecular flexibility index (Phi) is 9.80. The van der Waals surface area contributed by atoms with Crippen LogP contribution in [0, 0.1) is 0 Å². The predicted octanol–water partition coefficient (Wildman–Crippen LogP) is 3.92. The number of hydrogen-bond donors (Lipinski definition) is 2. The molecule has 0 saturated carbocycles. The average Bonchev–Trinajstić information content (AvgIpc) is 2.39. The number of amides is 1. The molecule has 0 rings (SSSR count). The monoisotopic (exact) mass is 343 g/mol. The molecule has 0 aromatic heterocycles. The molecule has 0 aromatic rings. The number of rotatable bonds is 9. The van der Waals surface area contributed by atoms with Crippen molar-refractivity contribution in [2.24, 2.45) is 0 Å². The zero-order valence-corrected chi connectivity index (χ0v) is 16.7. The lowest BCUT2D eigenvalue weighted by molar-refractivity contribution is 0.146. The Labute approximate surface area is 144 Å². The summed E-state index contributed by atoms with van der Waals surface area (Å²) in [4.78, 5) is 21.8. The summed E-state index contributed by atoms with van der Waals surface area (Å²) >= 11 is 0. The fourth-order valence-corrected chi connectivity index (χ4v) is 2.46. The molecule has 0 saturated heterocycles. The summed E-state index contributed by atoms with van der Waals surface area (Å²) in [6.07, 6.45) is 0.380. The van der Waals surface area contributed by atoms with Crippen molar-refractivity contribution >= 4 is 29.2 Å². The fourth-order valence-electron chi connectivity index (χ4n) is 1.63. The van der Waals surface area contributed by atoms with E-state index in [0.29, 0.717) is 0 Å². The normalized spacial score (nSPS) is 15.0. The number of nitrogens with one attached hydrogen (secondary N) is 1. The van der Waals surface area contributed by atoms with Crippen LogP contribution in [0.1, 0.15) is 61.8 Å². The molecule has 2 N–H and O–H groups in total. The van der Waals surface area contributed by atoms with Gasteiger partial charge in [0.1, 0.15) is 7.28 Å². The third-order valence-corrected chi connectivity index (χ3v) is 4.92. The lowest BCUT2D eigenvalue weighted by atomic mass is 9.41. The summed E-state index contributed by atoms with van der Waals surface area (Å²) in [5.74, 6) is 0. The van der Waals surface area contributed by atoms with Gasteiger partial charge in [-0.25, -0.2) is 4.79 Å². The van der Waals surface area contributed by atoms with Gasteiger partial charge in [0.15, 0.2) is 8.38 Å². The quantitative estimate of drug-likeness (QED) is 0.492. The zero-order chi connectivity index (χ0) is 18.3. The largest absolute Gasteiger partial charge is 0.451 e. The van der Waals surface area contributed by atoms with Crippen LogP contribution in [0.25, 0.3) is 0 Å². The third-order valence-electron chi connectivity index (χ3n) is 3.25. The van der Waals surface area contributed by atoms with Crippen LogP contribution in [0.4, 0.5) is 4.79 Å². The number of hydrogen-bond acceptors (Lipinski definition) is 4. The molecule has 0 aliphatic heterocycles. The van der Waals surface area contributed by atoms with Gasteiger partial charge in [0.25, 0.3) is 7.48 Å². The van der Waals surface area contributed by atoms with Crippen molar-refractivity contribution < 1.29 is 18.9 Å². The van der Waals surface area contributed by atoms with Crippen LogP contribution in [0.15, 0.2) is 0 Å². The maximum absolute atomic E-state index is 11.6. The molecule has 0 aliphatic carbocycles. The predicted molar refractivity (Wildman–Crippen MR) is 99.2 cm³/mol. The van der Waals surface area contributed by atoms with E-state index in [1.165, 1.54) is 0 Å². The first-order chi connectivity index (χ1) is 10.4. The maximum Gasteiger partial charge on any atom is 0.407 e. The van der Waals surface area contributed by atoms with Crippen molar-refractivity contribution in [2.75, 3.05) is 6.61 Å². The second kappa shape index (κ2) is 9.90. The van der Waals surface area contributed by atoms with Crippen LogP contribution >= 0.6 is 8.38 Å². The van der Waals surface area contributed by atoms with Gasteiger partial charge in [-0.1, -0.05) is 46.9 Å². The molecule has 0 aliphatic rings. The Morgan fingerprint density at radius 2 is 1.83 bits per heavy atom. The molecule has 0 spiro atoms. The van der Waals surface area contributed by atoms with E-state index in [1.54, 1.807) is 7.48 Å². The van der Waals surface area contributed by atoms with E-state index in [1.807, 2.05) is 34.6 Å². The molecule has 2 radical (unpaired) electrons. The third kappa shape index (κ3) is 11.0. The van der Waals surface area contributed by atoms with Crippen LogP contribution < -0.4 is 5.32 Å². The molecule has 23 heavy (non-hydrogen) atoms. The first-order valence-electron chi connectivity index (χ1n) is 8.16. The minimum absolute atomic E-state index is 0.0309. The SMILES string of the molecule is CCC(C)(C)P(O)O[B]C([B]C(C)(C)C)COC(=O)NC(C)C. The van der Waals surface area contributed by atoms with Gasteiger partial charge in [-0.2, -0.15) is 0 Å². The summed E-state index contributed by atoms with van der Waals surface area (Å²) in [7, 11) is 2.08. The molecule has 0 heterocycles. The van der Waals surface area contributed by atoms with Gasteiger partial charge >= 0.3 is 6.09 Å². The topological polar surface area (TPSA) is 67.8 Å². The molecule has 2 unspecified atom stereocenters.